The van der Waals surface area contributed by atoms with E-state index < -0.39 is 5.97 Å². The number of aromatic nitrogens is 5. The summed E-state index contributed by atoms with van der Waals surface area (Å²) < 4.78 is 0. The van der Waals surface area contributed by atoms with Crippen LogP contribution in [0.4, 0.5) is 0 Å². The molecule has 1 aromatic carbocycles. The molecule has 28 heavy (non-hydrogen) atoms. The third-order valence-electron chi connectivity index (χ3n) is 5.31. The number of rotatable bonds is 4. The van der Waals surface area contributed by atoms with E-state index in [1.54, 1.807) is 12.5 Å². The van der Waals surface area contributed by atoms with Crippen molar-refractivity contribution < 1.29 is 9.90 Å². The standard InChI is InChI=1S/C20H18N6O2/c27-20(28)17-12(9-24-25-17)10-26-8-6-16-18(23-11-22-16)19(26)14-5-7-21-15-4-2-1-3-13(14)15/h1-5,7,9,11,19H,6,8,10H2,(H,22,23)(H,24,25)(H,27,28)/t19-/m1/s1. The molecule has 8 heteroatoms. The lowest BCUT2D eigenvalue weighted by molar-refractivity contribution is 0.0687. The Morgan fingerprint density at radius 3 is 3.04 bits per heavy atom. The predicted octanol–water partition coefficient (Wildman–Crippen LogP) is 2.53. The van der Waals surface area contributed by atoms with Gasteiger partial charge in [0, 0.05) is 42.4 Å². The topological polar surface area (TPSA) is 111 Å². The minimum atomic E-state index is -1.00. The Labute approximate surface area is 160 Å². The maximum absolute atomic E-state index is 11.5. The van der Waals surface area contributed by atoms with Gasteiger partial charge in [-0.25, -0.2) is 9.78 Å². The van der Waals surface area contributed by atoms with Crippen LogP contribution in [0.3, 0.4) is 0 Å². The Hall–Kier alpha value is -3.52. The number of aromatic amines is 2. The van der Waals surface area contributed by atoms with Crippen LogP contribution in [0.25, 0.3) is 10.9 Å². The van der Waals surface area contributed by atoms with Gasteiger partial charge in [0.25, 0.3) is 0 Å². The van der Waals surface area contributed by atoms with Crippen LogP contribution in [-0.4, -0.2) is 47.7 Å². The predicted molar refractivity (Wildman–Crippen MR) is 102 cm³/mol. The summed E-state index contributed by atoms with van der Waals surface area (Å²) in [7, 11) is 0. The third kappa shape index (κ3) is 2.66. The van der Waals surface area contributed by atoms with Crippen LogP contribution in [0.5, 0.6) is 0 Å². The minimum Gasteiger partial charge on any atom is -0.477 e. The van der Waals surface area contributed by atoms with Crippen molar-refractivity contribution in [2.24, 2.45) is 0 Å². The zero-order chi connectivity index (χ0) is 19.1. The molecular formula is C20H18N6O2. The van der Waals surface area contributed by atoms with Crippen LogP contribution in [0.15, 0.2) is 49.1 Å². The highest BCUT2D eigenvalue weighted by Crippen LogP contribution is 2.37. The normalized spacial score (nSPS) is 16.9. The van der Waals surface area contributed by atoms with E-state index in [0.29, 0.717) is 12.1 Å². The third-order valence-corrected chi connectivity index (χ3v) is 5.31. The number of hydrogen-bond acceptors (Lipinski definition) is 5. The Morgan fingerprint density at radius 2 is 2.14 bits per heavy atom. The molecule has 0 aliphatic carbocycles. The molecule has 0 radical (unpaired) electrons. The largest absolute Gasteiger partial charge is 0.477 e. The van der Waals surface area contributed by atoms with Gasteiger partial charge in [-0.1, -0.05) is 18.2 Å². The Balaban J connectivity index is 1.63. The lowest BCUT2D eigenvalue weighted by atomic mass is 9.93. The first kappa shape index (κ1) is 16.6. The number of hydrogen-bond donors (Lipinski definition) is 3. The zero-order valence-electron chi connectivity index (χ0n) is 15.0. The van der Waals surface area contributed by atoms with Gasteiger partial charge in [0.1, 0.15) is 5.69 Å². The Kier molecular flexibility index (Phi) is 3.91. The first-order valence-electron chi connectivity index (χ1n) is 9.07. The van der Waals surface area contributed by atoms with E-state index in [9.17, 15) is 9.90 Å². The van der Waals surface area contributed by atoms with Crippen LogP contribution in [0, 0.1) is 0 Å². The molecule has 0 saturated carbocycles. The fourth-order valence-corrected chi connectivity index (χ4v) is 4.03. The van der Waals surface area contributed by atoms with Crippen molar-refractivity contribution in [3.63, 3.8) is 0 Å². The fourth-order valence-electron chi connectivity index (χ4n) is 4.03. The maximum Gasteiger partial charge on any atom is 0.354 e. The van der Waals surface area contributed by atoms with Gasteiger partial charge in [0.05, 0.1) is 29.8 Å². The summed E-state index contributed by atoms with van der Waals surface area (Å²) in [4.78, 5) is 26.1. The first-order chi connectivity index (χ1) is 13.7. The smallest absolute Gasteiger partial charge is 0.354 e. The average molecular weight is 374 g/mol. The molecule has 3 N–H and O–H groups in total. The second-order valence-electron chi connectivity index (χ2n) is 6.88. The summed E-state index contributed by atoms with van der Waals surface area (Å²) in [6.07, 6.45) is 5.96. The van der Waals surface area contributed by atoms with Crippen LogP contribution in [0.1, 0.15) is 39.0 Å². The molecule has 0 amide bonds. The molecule has 0 bridgehead atoms. The molecule has 1 aliphatic rings. The molecule has 140 valence electrons. The summed E-state index contributed by atoms with van der Waals surface area (Å²) in [5.41, 5.74) is 4.92. The molecule has 4 heterocycles. The molecule has 0 fully saturated rings. The number of pyridine rings is 1. The van der Waals surface area contributed by atoms with Gasteiger partial charge < -0.3 is 10.1 Å². The second-order valence-corrected chi connectivity index (χ2v) is 6.88. The molecule has 8 nitrogen and oxygen atoms in total. The zero-order valence-corrected chi connectivity index (χ0v) is 15.0. The number of carboxylic acids is 1. The van der Waals surface area contributed by atoms with E-state index in [1.165, 1.54) is 0 Å². The van der Waals surface area contributed by atoms with E-state index in [-0.39, 0.29) is 11.7 Å². The van der Waals surface area contributed by atoms with Crippen molar-refractivity contribution in [3.8, 4) is 0 Å². The Bertz CT molecular complexity index is 1160. The number of benzene rings is 1. The van der Waals surface area contributed by atoms with Gasteiger partial charge in [0.15, 0.2) is 0 Å². The summed E-state index contributed by atoms with van der Waals surface area (Å²) in [6.45, 7) is 1.24. The van der Waals surface area contributed by atoms with Crippen LogP contribution >= 0.6 is 0 Å². The fraction of sp³-hybridized carbons (Fsp3) is 0.200. The molecule has 0 saturated heterocycles. The average Bonchev–Trinajstić information content (AvgIpc) is 3.37. The van der Waals surface area contributed by atoms with Crippen LogP contribution in [-0.2, 0) is 13.0 Å². The molecule has 1 atom stereocenters. The van der Waals surface area contributed by atoms with Gasteiger partial charge in [-0.3, -0.25) is 15.0 Å². The number of imidazole rings is 1. The first-order valence-corrected chi connectivity index (χ1v) is 9.07. The number of carbonyl (C=O) groups is 1. The summed E-state index contributed by atoms with van der Waals surface area (Å²) in [5, 5.41) is 17.0. The number of fused-ring (bicyclic) bond motifs is 2. The number of para-hydroxylation sites is 1. The molecular weight excluding hydrogens is 356 g/mol. The molecule has 4 aromatic rings. The summed E-state index contributed by atoms with van der Waals surface area (Å²) >= 11 is 0. The molecule has 0 unspecified atom stereocenters. The van der Waals surface area contributed by atoms with Gasteiger partial charge in [-0.05, 0) is 17.7 Å². The van der Waals surface area contributed by atoms with Crippen molar-refractivity contribution in [3.05, 3.63) is 77.3 Å². The lowest BCUT2D eigenvalue weighted by Crippen LogP contribution is -2.36. The summed E-state index contributed by atoms with van der Waals surface area (Å²) in [5.74, 6) is -1.00. The number of carboxylic acid groups (broad SMARTS) is 1. The number of H-pyrrole nitrogens is 2. The molecule has 0 spiro atoms. The molecule has 3 aromatic heterocycles. The quantitative estimate of drug-likeness (QED) is 0.506. The van der Waals surface area contributed by atoms with E-state index >= 15 is 0 Å². The van der Waals surface area contributed by atoms with Gasteiger partial charge >= 0.3 is 5.97 Å². The Morgan fingerprint density at radius 1 is 1.25 bits per heavy atom. The highest BCUT2D eigenvalue weighted by molar-refractivity contribution is 5.87. The highest BCUT2D eigenvalue weighted by Gasteiger charge is 2.33. The molecule has 5 rings (SSSR count). The van der Waals surface area contributed by atoms with E-state index in [1.807, 2.05) is 30.5 Å². The van der Waals surface area contributed by atoms with Crippen LogP contribution in [0.2, 0.25) is 0 Å². The number of nitrogens with one attached hydrogen (secondary N) is 2. The number of aromatic carboxylic acids is 1. The minimum absolute atomic E-state index is 0.0977. The lowest BCUT2D eigenvalue weighted by Gasteiger charge is -2.35. The van der Waals surface area contributed by atoms with E-state index in [2.05, 4.69) is 36.1 Å². The van der Waals surface area contributed by atoms with Crippen molar-refractivity contribution >= 4 is 16.9 Å². The van der Waals surface area contributed by atoms with Crippen molar-refractivity contribution in [1.29, 1.82) is 0 Å². The second kappa shape index (κ2) is 6.58. The van der Waals surface area contributed by atoms with E-state index in [0.717, 1.165) is 40.8 Å². The van der Waals surface area contributed by atoms with Crippen molar-refractivity contribution in [2.45, 2.75) is 19.0 Å². The van der Waals surface area contributed by atoms with Gasteiger partial charge in [-0.15, -0.1) is 0 Å². The van der Waals surface area contributed by atoms with Crippen molar-refractivity contribution in [1.82, 2.24) is 30.0 Å². The SMILES string of the molecule is O=C(O)c1[nH]ncc1CN1CCc2[nH]cnc2[C@H]1c1ccnc2ccccc12. The van der Waals surface area contributed by atoms with Gasteiger partial charge in [-0.2, -0.15) is 5.10 Å². The van der Waals surface area contributed by atoms with Crippen molar-refractivity contribution in [2.75, 3.05) is 6.54 Å². The number of nitrogens with zero attached hydrogens (tertiary/aromatic N) is 4. The molecule has 1 aliphatic heterocycles. The van der Waals surface area contributed by atoms with Gasteiger partial charge in [0.2, 0.25) is 0 Å². The maximum atomic E-state index is 11.5. The highest BCUT2D eigenvalue weighted by atomic mass is 16.4. The monoisotopic (exact) mass is 374 g/mol. The van der Waals surface area contributed by atoms with E-state index in [4.69, 9.17) is 0 Å². The summed E-state index contributed by atoms with van der Waals surface area (Å²) in [6, 6.07) is 9.97. The van der Waals surface area contributed by atoms with Crippen LogP contribution < -0.4 is 0 Å².